The maximum absolute atomic E-state index is 13.7. The van der Waals surface area contributed by atoms with Crippen LogP contribution in [-0.2, 0) is 4.74 Å². The Hall–Kier alpha value is -1.53. The number of carbonyl (C=O) groups is 2. The third-order valence-corrected chi connectivity index (χ3v) is 4.05. The largest absolute Gasteiger partial charge is 0.448 e. The fourth-order valence-electron chi connectivity index (χ4n) is 2.40. The Morgan fingerprint density at radius 2 is 2.04 bits per heavy atom. The Labute approximate surface area is 143 Å². The third-order valence-electron chi connectivity index (χ3n) is 3.58. The topological polar surface area (TPSA) is 58.6 Å². The van der Waals surface area contributed by atoms with Gasteiger partial charge in [0.15, 0.2) is 0 Å². The van der Waals surface area contributed by atoms with E-state index in [4.69, 9.17) is 27.9 Å². The van der Waals surface area contributed by atoms with Crippen LogP contribution in [0.1, 0.15) is 23.2 Å². The van der Waals surface area contributed by atoms with Crippen LogP contribution in [0.2, 0.25) is 5.02 Å². The molecular formula is C15H17Cl2FN2O3. The van der Waals surface area contributed by atoms with E-state index in [2.05, 4.69) is 5.32 Å². The van der Waals surface area contributed by atoms with Crippen molar-refractivity contribution in [3.8, 4) is 0 Å². The van der Waals surface area contributed by atoms with E-state index in [0.29, 0.717) is 25.9 Å². The zero-order valence-corrected chi connectivity index (χ0v) is 13.9. The van der Waals surface area contributed by atoms with Crippen molar-refractivity contribution in [1.29, 1.82) is 0 Å². The minimum absolute atomic E-state index is 0.0737. The number of ether oxygens (including phenoxy) is 1. The van der Waals surface area contributed by atoms with Crippen molar-refractivity contribution in [1.82, 2.24) is 10.2 Å². The van der Waals surface area contributed by atoms with Crippen LogP contribution in [0.25, 0.3) is 0 Å². The number of carbonyl (C=O) groups excluding carboxylic acids is 2. The van der Waals surface area contributed by atoms with Crippen LogP contribution in [0.3, 0.4) is 0 Å². The number of benzene rings is 1. The molecule has 2 rings (SSSR count). The second-order valence-electron chi connectivity index (χ2n) is 5.13. The zero-order valence-electron chi connectivity index (χ0n) is 12.4. The van der Waals surface area contributed by atoms with Crippen molar-refractivity contribution < 1.29 is 18.7 Å². The van der Waals surface area contributed by atoms with Gasteiger partial charge >= 0.3 is 6.09 Å². The Kier molecular flexibility index (Phi) is 6.47. The minimum atomic E-state index is -0.655. The van der Waals surface area contributed by atoms with Gasteiger partial charge in [-0.3, -0.25) is 4.79 Å². The normalized spacial score (nSPS) is 15.3. The molecule has 8 heteroatoms. The first kappa shape index (κ1) is 17.8. The van der Waals surface area contributed by atoms with E-state index in [1.54, 1.807) is 4.90 Å². The molecule has 1 fully saturated rings. The van der Waals surface area contributed by atoms with Crippen molar-refractivity contribution in [3.63, 3.8) is 0 Å². The van der Waals surface area contributed by atoms with Crippen molar-refractivity contribution in [2.75, 3.05) is 25.6 Å². The molecule has 0 radical (unpaired) electrons. The zero-order chi connectivity index (χ0) is 16.8. The summed E-state index contributed by atoms with van der Waals surface area (Å²) >= 11 is 11.3. The highest BCUT2D eigenvalue weighted by molar-refractivity contribution is 6.33. The smallest absolute Gasteiger partial charge is 0.409 e. The molecule has 126 valence electrons. The first-order chi connectivity index (χ1) is 11.0. The molecular weight excluding hydrogens is 346 g/mol. The standard InChI is InChI=1S/C15H17Cl2FN2O3/c16-6-9-23-15(22)20-7-4-10(5-8-20)19-14(21)13-11(17)2-1-3-12(13)18/h1-3,10H,4-9H2,(H,19,21). The van der Waals surface area contributed by atoms with E-state index in [9.17, 15) is 14.0 Å². The number of nitrogens with zero attached hydrogens (tertiary/aromatic N) is 1. The highest BCUT2D eigenvalue weighted by atomic mass is 35.5. The van der Waals surface area contributed by atoms with Gasteiger partial charge in [0.25, 0.3) is 5.91 Å². The fourth-order valence-corrected chi connectivity index (χ4v) is 2.72. The van der Waals surface area contributed by atoms with Gasteiger partial charge in [0.2, 0.25) is 0 Å². The van der Waals surface area contributed by atoms with Gasteiger partial charge in [-0.25, -0.2) is 9.18 Å². The molecule has 1 aromatic rings. The van der Waals surface area contributed by atoms with Crippen LogP contribution in [0, 0.1) is 5.82 Å². The summed E-state index contributed by atoms with van der Waals surface area (Å²) in [6.07, 6.45) is 0.717. The Balaban J connectivity index is 1.87. The summed E-state index contributed by atoms with van der Waals surface area (Å²) in [5.74, 6) is -0.949. The summed E-state index contributed by atoms with van der Waals surface area (Å²) in [4.78, 5) is 25.4. The molecule has 0 aromatic heterocycles. The van der Waals surface area contributed by atoms with Crippen LogP contribution in [0.15, 0.2) is 18.2 Å². The lowest BCUT2D eigenvalue weighted by atomic mass is 10.0. The van der Waals surface area contributed by atoms with Crippen molar-refractivity contribution in [2.24, 2.45) is 0 Å². The van der Waals surface area contributed by atoms with E-state index in [-0.39, 0.29) is 29.1 Å². The molecule has 0 spiro atoms. The van der Waals surface area contributed by atoms with Gasteiger partial charge in [0, 0.05) is 19.1 Å². The Morgan fingerprint density at radius 3 is 2.65 bits per heavy atom. The lowest BCUT2D eigenvalue weighted by Gasteiger charge is -2.31. The Morgan fingerprint density at radius 1 is 1.35 bits per heavy atom. The summed E-state index contributed by atoms with van der Waals surface area (Å²) in [7, 11) is 0. The van der Waals surface area contributed by atoms with E-state index < -0.39 is 17.8 Å². The molecule has 0 saturated carbocycles. The van der Waals surface area contributed by atoms with Gasteiger partial charge in [-0.05, 0) is 25.0 Å². The quantitative estimate of drug-likeness (QED) is 0.837. The molecule has 5 nitrogen and oxygen atoms in total. The molecule has 0 aliphatic carbocycles. The van der Waals surface area contributed by atoms with Gasteiger partial charge in [0.1, 0.15) is 12.4 Å². The summed E-state index contributed by atoms with van der Waals surface area (Å²) in [5.41, 5.74) is -0.155. The SMILES string of the molecule is O=C(NC1CCN(C(=O)OCCCl)CC1)c1c(F)cccc1Cl. The summed E-state index contributed by atoms with van der Waals surface area (Å²) in [5, 5.41) is 2.83. The van der Waals surface area contributed by atoms with Crippen molar-refractivity contribution in [2.45, 2.75) is 18.9 Å². The van der Waals surface area contributed by atoms with Gasteiger partial charge in [-0.1, -0.05) is 17.7 Å². The number of hydrogen-bond acceptors (Lipinski definition) is 3. The summed E-state index contributed by atoms with van der Waals surface area (Å²) < 4.78 is 18.7. The van der Waals surface area contributed by atoms with Gasteiger partial charge < -0.3 is 15.0 Å². The number of halogens is 3. The van der Waals surface area contributed by atoms with Crippen molar-refractivity contribution >= 4 is 35.2 Å². The number of nitrogens with one attached hydrogen (secondary N) is 1. The van der Waals surface area contributed by atoms with E-state index >= 15 is 0 Å². The second-order valence-corrected chi connectivity index (χ2v) is 5.92. The molecule has 0 atom stereocenters. The first-order valence-electron chi connectivity index (χ1n) is 7.25. The van der Waals surface area contributed by atoms with E-state index in [1.807, 2.05) is 0 Å². The van der Waals surface area contributed by atoms with Crippen LogP contribution in [-0.4, -0.2) is 48.5 Å². The monoisotopic (exact) mass is 362 g/mol. The molecule has 1 saturated heterocycles. The van der Waals surface area contributed by atoms with Crippen molar-refractivity contribution in [3.05, 3.63) is 34.6 Å². The minimum Gasteiger partial charge on any atom is -0.448 e. The maximum atomic E-state index is 13.7. The average molecular weight is 363 g/mol. The van der Waals surface area contributed by atoms with Crippen LogP contribution < -0.4 is 5.32 Å². The molecule has 1 N–H and O–H groups in total. The lowest BCUT2D eigenvalue weighted by Crippen LogP contribution is -2.47. The van der Waals surface area contributed by atoms with E-state index in [1.165, 1.54) is 18.2 Å². The number of piperidine rings is 1. The predicted octanol–water partition coefficient (Wildman–Crippen LogP) is 3.05. The average Bonchev–Trinajstić information content (AvgIpc) is 2.53. The van der Waals surface area contributed by atoms with Crippen LogP contribution in [0.4, 0.5) is 9.18 Å². The number of rotatable bonds is 4. The molecule has 2 amide bonds. The first-order valence-corrected chi connectivity index (χ1v) is 8.16. The van der Waals surface area contributed by atoms with Crippen LogP contribution in [0.5, 0.6) is 0 Å². The Bertz CT molecular complexity index is 558. The number of hydrogen-bond donors (Lipinski definition) is 1. The molecule has 1 aliphatic rings. The van der Waals surface area contributed by atoms with Gasteiger partial charge in [0.05, 0.1) is 16.5 Å². The highest BCUT2D eigenvalue weighted by Gasteiger charge is 2.26. The number of alkyl halides is 1. The summed E-state index contributed by atoms with van der Waals surface area (Å²) in [6, 6.07) is 3.96. The third kappa shape index (κ3) is 4.72. The summed E-state index contributed by atoms with van der Waals surface area (Å²) in [6.45, 7) is 1.08. The molecule has 0 bridgehead atoms. The number of likely N-dealkylation sites (tertiary alicyclic amines) is 1. The van der Waals surface area contributed by atoms with Gasteiger partial charge in [-0.2, -0.15) is 0 Å². The van der Waals surface area contributed by atoms with E-state index in [0.717, 1.165) is 0 Å². The fraction of sp³-hybridized carbons (Fsp3) is 0.467. The molecule has 0 unspecified atom stereocenters. The predicted molar refractivity (Wildman–Crippen MR) is 85.5 cm³/mol. The molecule has 23 heavy (non-hydrogen) atoms. The molecule has 1 aromatic carbocycles. The lowest BCUT2D eigenvalue weighted by molar-refractivity contribution is 0.0859. The van der Waals surface area contributed by atoms with Gasteiger partial charge in [-0.15, -0.1) is 11.6 Å². The second kappa shape index (κ2) is 8.36. The molecule has 1 heterocycles. The maximum Gasteiger partial charge on any atom is 0.409 e. The number of amides is 2. The van der Waals surface area contributed by atoms with Crippen LogP contribution >= 0.6 is 23.2 Å². The molecule has 1 aliphatic heterocycles. The highest BCUT2D eigenvalue weighted by Crippen LogP contribution is 2.20.